The highest BCUT2D eigenvalue weighted by Gasteiger charge is 2.18. The van der Waals surface area contributed by atoms with Crippen LogP contribution in [0, 0.1) is 0 Å². The van der Waals surface area contributed by atoms with Gasteiger partial charge in [-0.1, -0.05) is 79.7 Å². The van der Waals surface area contributed by atoms with E-state index in [1.54, 1.807) is 0 Å². The molecular weight excluding hydrogens is 380 g/mol. The minimum atomic E-state index is 0.704. The first-order valence-corrected chi connectivity index (χ1v) is 11.2. The average molecular weight is 413 g/mol. The van der Waals surface area contributed by atoms with E-state index < -0.39 is 0 Å². The number of likely N-dealkylation sites (N-methyl/N-ethyl adjacent to an activating group) is 1. The SMILES string of the molecule is CC/C(=C(\c1ccccc1)c1ccc(OCCN(C)CN2CC2)cc1)c1ccccc1. The molecule has 0 unspecified atom stereocenters. The molecule has 1 fully saturated rings. The van der Waals surface area contributed by atoms with Gasteiger partial charge >= 0.3 is 0 Å². The topological polar surface area (TPSA) is 15.5 Å². The van der Waals surface area contributed by atoms with Gasteiger partial charge in [-0.25, -0.2) is 0 Å². The summed E-state index contributed by atoms with van der Waals surface area (Å²) in [6, 6.07) is 30.0. The van der Waals surface area contributed by atoms with Crippen LogP contribution in [0.2, 0.25) is 0 Å². The Morgan fingerprint density at radius 1 is 0.806 bits per heavy atom. The number of hydrogen-bond acceptors (Lipinski definition) is 3. The lowest BCUT2D eigenvalue weighted by molar-refractivity contribution is 0.204. The third kappa shape index (κ3) is 5.84. The summed E-state index contributed by atoms with van der Waals surface area (Å²) in [6.07, 6.45) is 0.968. The molecule has 0 radical (unpaired) electrons. The maximum atomic E-state index is 6.01. The lowest BCUT2D eigenvalue weighted by atomic mass is 9.88. The fourth-order valence-corrected chi connectivity index (χ4v) is 3.95. The van der Waals surface area contributed by atoms with Crippen molar-refractivity contribution in [1.29, 1.82) is 0 Å². The van der Waals surface area contributed by atoms with Crippen molar-refractivity contribution in [2.24, 2.45) is 0 Å². The molecule has 3 aromatic rings. The van der Waals surface area contributed by atoms with Crippen molar-refractivity contribution < 1.29 is 4.74 Å². The number of benzene rings is 3. The van der Waals surface area contributed by atoms with Crippen LogP contribution in [0.25, 0.3) is 11.1 Å². The van der Waals surface area contributed by atoms with E-state index in [-0.39, 0.29) is 0 Å². The molecule has 160 valence electrons. The van der Waals surface area contributed by atoms with Gasteiger partial charge in [0.05, 0.1) is 6.67 Å². The van der Waals surface area contributed by atoms with Crippen LogP contribution in [-0.2, 0) is 0 Å². The fraction of sp³-hybridized carbons (Fsp3) is 0.286. The second kappa shape index (κ2) is 10.4. The summed E-state index contributed by atoms with van der Waals surface area (Å²) in [7, 11) is 2.15. The minimum Gasteiger partial charge on any atom is -0.492 e. The number of rotatable bonds is 10. The summed E-state index contributed by atoms with van der Waals surface area (Å²) in [5.74, 6) is 0.925. The highest BCUT2D eigenvalue weighted by Crippen LogP contribution is 2.34. The van der Waals surface area contributed by atoms with Crippen LogP contribution in [0.15, 0.2) is 84.9 Å². The molecule has 0 bridgehead atoms. The van der Waals surface area contributed by atoms with Crippen molar-refractivity contribution in [3.05, 3.63) is 102 Å². The van der Waals surface area contributed by atoms with Gasteiger partial charge in [0.25, 0.3) is 0 Å². The highest BCUT2D eigenvalue weighted by atomic mass is 16.5. The van der Waals surface area contributed by atoms with Gasteiger partial charge in [0.1, 0.15) is 12.4 Å². The zero-order chi connectivity index (χ0) is 21.5. The lowest BCUT2D eigenvalue weighted by Crippen LogP contribution is -2.29. The first kappa shape index (κ1) is 21.4. The maximum absolute atomic E-state index is 6.01. The highest BCUT2D eigenvalue weighted by molar-refractivity contribution is 5.98. The second-order valence-corrected chi connectivity index (χ2v) is 8.15. The summed E-state index contributed by atoms with van der Waals surface area (Å²) in [6.45, 7) is 7.36. The zero-order valence-electron chi connectivity index (χ0n) is 18.6. The molecule has 31 heavy (non-hydrogen) atoms. The van der Waals surface area contributed by atoms with E-state index in [4.69, 9.17) is 4.74 Å². The predicted octanol–water partition coefficient (Wildman–Crippen LogP) is 5.64. The molecule has 0 atom stereocenters. The molecule has 0 spiro atoms. The number of ether oxygens (including phenoxy) is 1. The molecule has 1 saturated heterocycles. The Morgan fingerprint density at radius 3 is 1.97 bits per heavy atom. The molecule has 0 amide bonds. The molecule has 0 saturated carbocycles. The van der Waals surface area contributed by atoms with Gasteiger partial charge < -0.3 is 4.74 Å². The molecule has 3 nitrogen and oxygen atoms in total. The van der Waals surface area contributed by atoms with Crippen LogP contribution in [0.5, 0.6) is 5.75 Å². The van der Waals surface area contributed by atoms with Crippen molar-refractivity contribution in [2.45, 2.75) is 13.3 Å². The number of nitrogens with zero attached hydrogens (tertiary/aromatic N) is 2. The molecule has 0 N–H and O–H groups in total. The van der Waals surface area contributed by atoms with Crippen molar-refractivity contribution in [2.75, 3.05) is 40.0 Å². The van der Waals surface area contributed by atoms with Gasteiger partial charge in [0.15, 0.2) is 0 Å². The Morgan fingerprint density at radius 2 is 1.39 bits per heavy atom. The molecule has 3 heteroatoms. The third-order valence-corrected chi connectivity index (χ3v) is 5.71. The molecule has 1 aliphatic rings. The van der Waals surface area contributed by atoms with E-state index in [1.165, 1.54) is 40.9 Å². The number of hydrogen-bond donors (Lipinski definition) is 0. The average Bonchev–Trinajstić information content (AvgIpc) is 3.63. The van der Waals surface area contributed by atoms with Gasteiger partial charge in [-0.05, 0) is 53.4 Å². The molecule has 1 heterocycles. The first-order chi connectivity index (χ1) is 15.2. The van der Waals surface area contributed by atoms with Crippen LogP contribution in [0.1, 0.15) is 30.0 Å². The molecule has 3 aromatic carbocycles. The van der Waals surface area contributed by atoms with E-state index in [0.29, 0.717) is 6.61 Å². The van der Waals surface area contributed by atoms with E-state index >= 15 is 0 Å². The van der Waals surface area contributed by atoms with Crippen molar-refractivity contribution in [3.63, 3.8) is 0 Å². The van der Waals surface area contributed by atoms with E-state index in [9.17, 15) is 0 Å². The Hall–Kier alpha value is -2.88. The summed E-state index contributed by atoms with van der Waals surface area (Å²) in [5.41, 5.74) is 6.39. The zero-order valence-corrected chi connectivity index (χ0v) is 18.6. The maximum Gasteiger partial charge on any atom is 0.119 e. The fourth-order valence-electron chi connectivity index (χ4n) is 3.95. The van der Waals surface area contributed by atoms with Crippen LogP contribution in [0.4, 0.5) is 0 Å². The van der Waals surface area contributed by atoms with Crippen molar-refractivity contribution in [3.8, 4) is 5.75 Å². The normalized spacial score (nSPS) is 14.4. The predicted molar refractivity (Wildman–Crippen MR) is 130 cm³/mol. The van der Waals surface area contributed by atoms with Crippen LogP contribution >= 0.6 is 0 Å². The summed E-state index contributed by atoms with van der Waals surface area (Å²) in [5, 5.41) is 0. The Bertz CT molecular complexity index is 977. The first-order valence-electron chi connectivity index (χ1n) is 11.2. The standard InChI is InChI=1S/C28H32N2O/c1-3-27(23-10-6-4-7-11-23)28(24-12-8-5-9-13-24)25-14-16-26(17-15-25)31-21-20-29(2)22-30-18-19-30/h4-17H,3,18-22H2,1-2H3/b28-27-. The van der Waals surface area contributed by atoms with Gasteiger partial charge in [-0.2, -0.15) is 0 Å². The minimum absolute atomic E-state index is 0.704. The Labute approximate surface area is 186 Å². The summed E-state index contributed by atoms with van der Waals surface area (Å²) in [4.78, 5) is 4.72. The van der Waals surface area contributed by atoms with E-state index in [0.717, 1.165) is 25.4 Å². The molecule has 1 aliphatic heterocycles. The third-order valence-electron chi connectivity index (χ3n) is 5.71. The summed E-state index contributed by atoms with van der Waals surface area (Å²) < 4.78 is 6.01. The Balaban J connectivity index is 1.55. The molecular formula is C28H32N2O. The van der Waals surface area contributed by atoms with Crippen LogP contribution in [-0.4, -0.2) is 49.8 Å². The quantitative estimate of drug-likeness (QED) is 0.317. The van der Waals surface area contributed by atoms with E-state index in [1.807, 2.05) is 0 Å². The number of allylic oxidation sites excluding steroid dienone is 1. The van der Waals surface area contributed by atoms with Gasteiger partial charge in [0, 0.05) is 19.6 Å². The lowest BCUT2D eigenvalue weighted by Gasteiger charge is -2.18. The van der Waals surface area contributed by atoms with Gasteiger partial charge in [-0.15, -0.1) is 0 Å². The van der Waals surface area contributed by atoms with Crippen molar-refractivity contribution >= 4 is 11.1 Å². The second-order valence-electron chi connectivity index (χ2n) is 8.15. The smallest absolute Gasteiger partial charge is 0.119 e. The van der Waals surface area contributed by atoms with Crippen LogP contribution in [0.3, 0.4) is 0 Å². The summed E-state index contributed by atoms with van der Waals surface area (Å²) >= 11 is 0. The van der Waals surface area contributed by atoms with Crippen LogP contribution < -0.4 is 4.74 Å². The molecule has 0 aliphatic carbocycles. The Kier molecular flexibility index (Phi) is 7.18. The van der Waals surface area contributed by atoms with Gasteiger partial charge in [-0.3, -0.25) is 9.80 Å². The van der Waals surface area contributed by atoms with E-state index in [2.05, 4.69) is 109 Å². The molecule has 0 aromatic heterocycles. The van der Waals surface area contributed by atoms with Gasteiger partial charge in [0.2, 0.25) is 0 Å². The molecule has 4 rings (SSSR count). The largest absolute Gasteiger partial charge is 0.492 e. The van der Waals surface area contributed by atoms with Crippen molar-refractivity contribution in [1.82, 2.24) is 9.80 Å². The monoisotopic (exact) mass is 412 g/mol.